The fourth-order valence-corrected chi connectivity index (χ4v) is 5.20. The van der Waals surface area contributed by atoms with Crippen molar-refractivity contribution in [3.05, 3.63) is 45.5 Å². The Labute approximate surface area is 151 Å². The second-order valence-electron chi connectivity index (χ2n) is 6.65. The first-order valence-electron chi connectivity index (χ1n) is 8.31. The Hall–Kier alpha value is -2.33. The minimum absolute atomic E-state index is 0.00261. The van der Waals surface area contributed by atoms with Crippen LogP contribution in [-0.4, -0.2) is 45.5 Å². The number of piperidine rings is 1. The number of nitrogens with zero attached hydrogens (tertiary/aromatic N) is 5. The zero-order valence-electron chi connectivity index (χ0n) is 14.9. The molecule has 140 valence electrons. The zero-order chi connectivity index (χ0) is 19.1. The number of aromatic nitrogens is 3. The van der Waals surface area contributed by atoms with E-state index >= 15 is 0 Å². The van der Waals surface area contributed by atoms with E-state index in [1.807, 2.05) is 7.05 Å². The number of sulfonamides is 1. The minimum Gasteiger partial charge on any atom is -0.320 e. The van der Waals surface area contributed by atoms with Gasteiger partial charge in [-0.15, -0.1) is 10.2 Å². The van der Waals surface area contributed by atoms with Crippen LogP contribution in [0, 0.1) is 24.0 Å². The van der Waals surface area contributed by atoms with Crippen molar-refractivity contribution < 1.29 is 13.3 Å². The lowest BCUT2D eigenvalue weighted by Crippen LogP contribution is -2.40. The lowest BCUT2D eigenvalue weighted by atomic mass is 9.99. The SMILES string of the molecule is Cc1cc([N+](=O)[O-])cc(S(=O)(=O)N2CCC[C@H](c3nncn3C)C2)c1C. The van der Waals surface area contributed by atoms with E-state index in [4.69, 9.17) is 0 Å². The molecule has 1 saturated heterocycles. The van der Waals surface area contributed by atoms with Gasteiger partial charge in [0.2, 0.25) is 10.0 Å². The van der Waals surface area contributed by atoms with Crippen LogP contribution in [0.4, 0.5) is 5.69 Å². The fraction of sp³-hybridized carbons (Fsp3) is 0.500. The molecule has 1 fully saturated rings. The van der Waals surface area contributed by atoms with Crippen LogP contribution < -0.4 is 0 Å². The van der Waals surface area contributed by atoms with Crippen molar-refractivity contribution >= 4 is 15.7 Å². The maximum Gasteiger partial charge on any atom is 0.271 e. The first-order chi connectivity index (χ1) is 12.2. The predicted octanol–water partition coefficient (Wildman–Crippen LogP) is 1.91. The number of benzene rings is 1. The Balaban J connectivity index is 1.98. The molecule has 0 saturated carbocycles. The highest BCUT2D eigenvalue weighted by molar-refractivity contribution is 7.89. The molecule has 2 aromatic rings. The molecular formula is C16H21N5O4S. The average molecular weight is 379 g/mol. The molecule has 0 bridgehead atoms. The third-order valence-electron chi connectivity index (χ3n) is 4.93. The number of hydrogen-bond acceptors (Lipinski definition) is 6. The molecule has 0 N–H and O–H groups in total. The Bertz CT molecular complexity index is 954. The topological polar surface area (TPSA) is 111 Å². The second kappa shape index (κ2) is 6.76. The van der Waals surface area contributed by atoms with Gasteiger partial charge < -0.3 is 4.57 Å². The molecule has 3 rings (SSSR count). The largest absolute Gasteiger partial charge is 0.320 e. The summed E-state index contributed by atoms with van der Waals surface area (Å²) in [5, 5.41) is 19.1. The molecule has 0 radical (unpaired) electrons. The Morgan fingerprint density at radius 3 is 2.65 bits per heavy atom. The van der Waals surface area contributed by atoms with E-state index in [2.05, 4.69) is 10.2 Å². The monoisotopic (exact) mass is 379 g/mol. The van der Waals surface area contributed by atoms with E-state index in [0.29, 0.717) is 24.1 Å². The molecular weight excluding hydrogens is 358 g/mol. The smallest absolute Gasteiger partial charge is 0.271 e. The van der Waals surface area contributed by atoms with Crippen molar-refractivity contribution in [1.82, 2.24) is 19.1 Å². The van der Waals surface area contributed by atoms with E-state index in [1.165, 1.54) is 10.4 Å². The number of aryl methyl sites for hydroxylation is 2. The highest BCUT2D eigenvalue weighted by Crippen LogP contribution is 2.32. The van der Waals surface area contributed by atoms with Crippen LogP contribution in [0.25, 0.3) is 0 Å². The minimum atomic E-state index is -3.84. The van der Waals surface area contributed by atoms with Crippen molar-refractivity contribution in [2.24, 2.45) is 7.05 Å². The lowest BCUT2D eigenvalue weighted by Gasteiger charge is -2.31. The number of nitro benzene ring substituents is 1. The van der Waals surface area contributed by atoms with Gasteiger partial charge in [-0.25, -0.2) is 8.42 Å². The molecule has 0 spiro atoms. The van der Waals surface area contributed by atoms with Gasteiger partial charge in [-0.3, -0.25) is 10.1 Å². The molecule has 2 heterocycles. The Morgan fingerprint density at radius 1 is 1.31 bits per heavy atom. The van der Waals surface area contributed by atoms with Gasteiger partial charge in [-0.05, 0) is 37.8 Å². The summed E-state index contributed by atoms with van der Waals surface area (Å²) in [5.41, 5.74) is 0.907. The van der Waals surface area contributed by atoms with Crippen LogP contribution in [-0.2, 0) is 17.1 Å². The molecule has 0 aliphatic carbocycles. The van der Waals surface area contributed by atoms with E-state index in [9.17, 15) is 18.5 Å². The summed E-state index contributed by atoms with van der Waals surface area (Å²) >= 11 is 0. The van der Waals surface area contributed by atoms with Gasteiger partial charge in [0.05, 0.1) is 9.82 Å². The molecule has 0 amide bonds. The Kier molecular flexibility index (Phi) is 4.80. The van der Waals surface area contributed by atoms with Gasteiger partial charge in [0, 0.05) is 38.2 Å². The van der Waals surface area contributed by atoms with Crippen molar-refractivity contribution in [3.63, 3.8) is 0 Å². The third kappa shape index (κ3) is 3.21. The van der Waals surface area contributed by atoms with E-state index < -0.39 is 14.9 Å². The first kappa shape index (κ1) is 18.5. The normalized spacial score (nSPS) is 18.8. The molecule has 9 nitrogen and oxygen atoms in total. The number of non-ortho nitro benzene ring substituents is 1. The summed E-state index contributed by atoms with van der Waals surface area (Å²) in [6.45, 7) is 4.03. The molecule has 26 heavy (non-hydrogen) atoms. The van der Waals surface area contributed by atoms with Gasteiger partial charge in [0.1, 0.15) is 12.2 Å². The number of rotatable bonds is 4. The molecule has 1 aliphatic rings. The van der Waals surface area contributed by atoms with E-state index in [1.54, 1.807) is 24.7 Å². The summed E-state index contributed by atoms with van der Waals surface area (Å²) in [6, 6.07) is 2.55. The molecule has 1 aromatic heterocycles. The molecule has 0 unspecified atom stereocenters. The average Bonchev–Trinajstić information content (AvgIpc) is 3.03. The molecule has 1 aromatic carbocycles. The highest BCUT2D eigenvalue weighted by atomic mass is 32.2. The van der Waals surface area contributed by atoms with Crippen LogP contribution in [0.3, 0.4) is 0 Å². The van der Waals surface area contributed by atoms with Crippen molar-refractivity contribution in [2.45, 2.75) is 37.5 Å². The summed E-state index contributed by atoms with van der Waals surface area (Å²) < 4.78 is 29.6. The quantitative estimate of drug-likeness (QED) is 0.592. The van der Waals surface area contributed by atoms with Crippen LogP contribution in [0.15, 0.2) is 23.4 Å². The van der Waals surface area contributed by atoms with Crippen molar-refractivity contribution in [3.8, 4) is 0 Å². The summed E-state index contributed by atoms with van der Waals surface area (Å²) in [6.07, 6.45) is 3.12. The summed E-state index contributed by atoms with van der Waals surface area (Å²) in [7, 11) is -2.01. The predicted molar refractivity (Wildman–Crippen MR) is 94.3 cm³/mol. The lowest BCUT2D eigenvalue weighted by molar-refractivity contribution is -0.385. The summed E-state index contributed by atoms with van der Waals surface area (Å²) in [5.74, 6) is 0.697. The maximum atomic E-state index is 13.2. The van der Waals surface area contributed by atoms with Gasteiger partial charge in [-0.1, -0.05) is 0 Å². The Morgan fingerprint density at radius 2 is 2.04 bits per heavy atom. The van der Waals surface area contributed by atoms with Gasteiger partial charge >= 0.3 is 0 Å². The van der Waals surface area contributed by atoms with Crippen LogP contribution >= 0.6 is 0 Å². The van der Waals surface area contributed by atoms with Crippen LogP contribution in [0.5, 0.6) is 0 Å². The van der Waals surface area contributed by atoms with Gasteiger partial charge in [0.15, 0.2) is 0 Å². The molecule has 10 heteroatoms. The van der Waals surface area contributed by atoms with Gasteiger partial charge in [0.25, 0.3) is 5.69 Å². The molecule has 1 atom stereocenters. The number of hydrogen-bond donors (Lipinski definition) is 0. The fourth-order valence-electron chi connectivity index (χ4n) is 3.35. The zero-order valence-corrected chi connectivity index (χ0v) is 15.7. The first-order valence-corrected chi connectivity index (χ1v) is 9.75. The van der Waals surface area contributed by atoms with Crippen LogP contribution in [0.2, 0.25) is 0 Å². The van der Waals surface area contributed by atoms with Crippen molar-refractivity contribution in [2.75, 3.05) is 13.1 Å². The summed E-state index contributed by atoms with van der Waals surface area (Å²) in [4.78, 5) is 10.6. The van der Waals surface area contributed by atoms with Crippen LogP contribution in [0.1, 0.15) is 35.7 Å². The maximum absolute atomic E-state index is 13.2. The molecule has 1 aliphatic heterocycles. The van der Waals surface area contributed by atoms with Crippen molar-refractivity contribution in [1.29, 1.82) is 0 Å². The highest BCUT2D eigenvalue weighted by Gasteiger charge is 2.34. The third-order valence-corrected chi connectivity index (χ3v) is 6.92. The van der Waals surface area contributed by atoms with Gasteiger partial charge in [-0.2, -0.15) is 4.31 Å². The number of nitro groups is 1. The second-order valence-corrected chi connectivity index (χ2v) is 8.55. The standard InChI is InChI=1S/C16H21N5O4S/c1-11-7-14(21(22)23)8-15(12(11)2)26(24,25)20-6-4-5-13(9-20)16-18-17-10-19(16)3/h7-8,10,13H,4-6,9H2,1-3H3/t13-/m0/s1. The van der Waals surface area contributed by atoms with E-state index in [0.717, 1.165) is 18.3 Å². The van der Waals surface area contributed by atoms with E-state index in [-0.39, 0.29) is 23.0 Å².